The summed E-state index contributed by atoms with van der Waals surface area (Å²) in [6.45, 7) is 13.0. The Balaban J connectivity index is 4.10. The molecular formula is C13H30N2O. The van der Waals surface area contributed by atoms with Gasteiger partial charge in [0.1, 0.15) is 0 Å². The summed E-state index contributed by atoms with van der Waals surface area (Å²) in [5, 5.41) is 3.55. The Morgan fingerprint density at radius 3 is 2.38 bits per heavy atom. The first-order valence-electron chi connectivity index (χ1n) is 6.65. The molecule has 0 aliphatic rings. The van der Waals surface area contributed by atoms with Gasteiger partial charge in [-0.1, -0.05) is 20.8 Å². The molecule has 0 heterocycles. The van der Waals surface area contributed by atoms with Crippen molar-refractivity contribution in [3.63, 3.8) is 0 Å². The molecule has 0 aromatic heterocycles. The first kappa shape index (κ1) is 15.9. The molecule has 0 aliphatic carbocycles. The molecule has 0 aromatic carbocycles. The van der Waals surface area contributed by atoms with Crippen molar-refractivity contribution in [1.82, 2.24) is 10.2 Å². The first-order chi connectivity index (χ1) is 7.69. The van der Waals surface area contributed by atoms with E-state index < -0.39 is 0 Å². The highest BCUT2D eigenvalue weighted by Gasteiger charge is 2.15. The summed E-state index contributed by atoms with van der Waals surface area (Å²) in [5.41, 5.74) is 0. The van der Waals surface area contributed by atoms with E-state index in [1.807, 2.05) is 0 Å². The first-order valence-corrected chi connectivity index (χ1v) is 6.65. The number of nitrogens with zero attached hydrogens (tertiary/aromatic N) is 1. The van der Waals surface area contributed by atoms with Gasteiger partial charge in [0.25, 0.3) is 0 Å². The second kappa shape index (κ2) is 10.1. The van der Waals surface area contributed by atoms with Gasteiger partial charge in [-0.3, -0.25) is 4.90 Å². The predicted octanol–water partition coefficient (Wildman–Crippen LogP) is 2.12. The van der Waals surface area contributed by atoms with Crippen LogP contribution >= 0.6 is 0 Å². The fourth-order valence-corrected chi connectivity index (χ4v) is 1.89. The van der Waals surface area contributed by atoms with Crippen LogP contribution in [0.25, 0.3) is 0 Å². The number of rotatable bonds is 10. The van der Waals surface area contributed by atoms with Crippen LogP contribution in [-0.2, 0) is 4.74 Å². The van der Waals surface area contributed by atoms with Crippen LogP contribution in [-0.4, -0.2) is 50.3 Å². The second-order valence-electron chi connectivity index (χ2n) is 4.45. The molecule has 0 amide bonds. The molecule has 16 heavy (non-hydrogen) atoms. The standard InChI is InChI=1S/C13H30N2O/c1-6-9-14-13(11-16-5)10-15(8-3)12(4)7-2/h12-14H,6-11H2,1-5H3. The van der Waals surface area contributed by atoms with Gasteiger partial charge in [0, 0.05) is 25.7 Å². The lowest BCUT2D eigenvalue weighted by Gasteiger charge is -2.31. The zero-order valence-electron chi connectivity index (χ0n) is 11.8. The van der Waals surface area contributed by atoms with Crippen LogP contribution < -0.4 is 5.32 Å². The third-order valence-electron chi connectivity index (χ3n) is 3.13. The Morgan fingerprint density at radius 2 is 1.94 bits per heavy atom. The minimum absolute atomic E-state index is 0.457. The fourth-order valence-electron chi connectivity index (χ4n) is 1.89. The van der Waals surface area contributed by atoms with Crippen LogP contribution in [0, 0.1) is 0 Å². The molecule has 2 atom stereocenters. The smallest absolute Gasteiger partial charge is 0.0628 e. The van der Waals surface area contributed by atoms with E-state index in [4.69, 9.17) is 4.74 Å². The summed E-state index contributed by atoms with van der Waals surface area (Å²) >= 11 is 0. The maximum Gasteiger partial charge on any atom is 0.0628 e. The van der Waals surface area contributed by atoms with Crippen molar-refractivity contribution >= 4 is 0 Å². The molecule has 0 saturated carbocycles. The third-order valence-corrected chi connectivity index (χ3v) is 3.13. The molecule has 0 saturated heterocycles. The van der Waals surface area contributed by atoms with E-state index in [1.165, 1.54) is 12.8 Å². The Morgan fingerprint density at radius 1 is 1.25 bits per heavy atom. The Labute approximate surface area is 102 Å². The van der Waals surface area contributed by atoms with E-state index >= 15 is 0 Å². The molecule has 98 valence electrons. The van der Waals surface area contributed by atoms with Crippen molar-refractivity contribution in [2.24, 2.45) is 0 Å². The van der Waals surface area contributed by atoms with Crippen LogP contribution in [0.3, 0.4) is 0 Å². The lowest BCUT2D eigenvalue weighted by Crippen LogP contribution is -2.46. The summed E-state index contributed by atoms with van der Waals surface area (Å²) in [6, 6.07) is 1.12. The van der Waals surface area contributed by atoms with Crippen LogP contribution in [0.2, 0.25) is 0 Å². The molecule has 1 N–H and O–H groups in total. The van der Waals surface area contributed by atoms with E-state index in [0.717, 1.165) is 26.2 Å². The molecule has 0 aliphatic heterocycles. The van der Waals surface area contributed by atoms with Crippen molar-refractivity contribution in [3.05, 3.63) is 0 Å². The highest BCUT2D eigenvalue weighted by molar-refractivity contribution is 4.74. The molecule has 0 rings (SSSR count). The van der Waals surface area contributed by atoms with Crippen molar-refractivity contribution in [2.75, 3.05) is 33.4 Å². The van der Waals surface area contributed by atoms with Gasteiger partial charge in [-0.05, 0) is 32.9 Å². The number of methoxy groups -OCH3 is 1. The summed E-state index contributed by atoms with van der Waals surface area (Å²) in [7, 11) is 1.78. The number of likely N-dealkylation sites (N-methyl/N-ethyl adjacent to an activating group) is 1. The predicted molar refractivity (Wildman–Crippen MR) is 71.0 cm³/mol. The molecule has 0 radical (unpaired) electrons. The molecule has 3 heteroatoms. The Hall–Kier alpha value is -0.120. The van der Waals surface area contributed by atoms with Gasteiger partial charge in [-0.25, -0.2) is 0 Å². The van der Waals surface area contributed by atoms with E-state index in [0.29, 0.717) is 12.1 Å². The number of nitrogens with one attached hydrogen (secondary N) is 1. The van der Waals surface area contributed by atoms with Crippen LogP contribution in [0.15, 0.2) is 0 Å². The largest absolute Gasteiger partial charge is 0.383 e. The topological polar surface area (TPSA) is 24.5 Å². The molecule has 0 spiro atoms. The lowest BCUT2D eigenvalue weighted by molar-refractivity contribution is 0.123. The minimum atomic E-state index is 0.457. The normalized spacial score (nSPS) is 15.4. The second-order valence-corrected chi connectivity index (χ2v) is 4.45. The van der Waals surface area contributed by atoms with Gasteiger partial charge in [0.05, 0.1) is 6.61 Å². The Bertz CT molecular complexity index is 153. The van der Waals surface area contributed by atoms with E-state index in [1.54, 1.807) is 7.11 Å². The van der Waals surface area contributed by atoms with Crippen LogP contribution in [0.1, 0.15) is 40.5 Å². The van der Waals surface area contributed by atoms with E-state index in [-0.39, 0.29) is 0 Å². The maximum absolute atomic E-state index is 5.27. The summed E-state index contributed by atoms with van der Waals surface area (Å²) < 4.78 is 5.27. The highest BCUT2D eigenvalue weighted by atomic mass is 16.5. The summed E-state index contributed by atoms with van der Waals surface area (Å²) in [5.74, 6) is 0. The molecular weight excluding hydrogens is 200 g/mol. The van der Waals surface area contributed by atoms with Crippen LogP contribution in [0.4, 0.5) is 0 Å². The average Bonchev–Trinajstić information content (AvgIpc) is 2.31. The lowest BCUT2D eigenvalue weighted by atomic mass is 10.2. The maximum atomic E-state index is 5.27. The molecule has 0 bridgehead atoms. The quantitative estimate of drug-likeness (QED) is 0.622. The summed E-state index contributed by atoms with van der Waals surface area (Å²) in [6.07, 6.45) is 2.39. The minimum Gasteiger partial charge on any atom is -0.383 e. The van der Waals surface area contributed by atoms with Gasteiger partial charge in [-0.2, -0.15) is 0 Å². The zero-order valence-corrected chi connectivity index (χ0v) is 11.8. The molecule has 2 unspecified atom stereocenters. The van der Waals surface area contributed by atoms with Gasteiger partial charge >= 0.3 is 0 Å². The van der Waals surface area contributed by atoms with E-state index in [9.17, 15) is 0 Å². The number of hydrogen-bond donors (Lipinski definition) is 1. The Kier molecular flexibility index (Phi) is 9.99. The SMILES string of the molecule is CCCNC(COC)CN(CC)C(C)CC. The van der Waals surface area contributed by atoms with Crippen molar-refractivity contribution in [1.29, 1.82) is 0 Å². The third kappa shape index (κ3) is 6.46. The van der Waals surface area contributed by atoms with Crippen LogP contribution in [0.5, 0.6) is 0 Å². The zero-order chi connectivity index (χ0) is 12.4. The number of ether oxygens (including phenoxy) is 1. The van der Waals surface area contributed by atoms with Crippen molar-refractivity contribution in [2.45, 2.75) is 52.6 Å². The van der Waals surface area contributed by atoms with Crippen molar-refractivity contribution < 1.29 is 4.74 Å². The van der Waals surface area contributed by atoms with Crippen molar-refractivity contribution in [3.8, 4) is 0 Å². The highest BCUT2D eigenvalue weighted by Crippen LogP contribution is 2.04. The van der Waals surface area contributed by atoms with Gasteiger partial charge in [-0.15, -0.1) is 0 Å². The van der Waals surface area contributed by atoms with Gasteiger partial charge in [0.15, 0.2) is 0 Å². The van der Waals surface area contributed by atoms with Gasteiger partial charge < -0.3 is 10.1 Å². The fraction of sp³-hybridized carbons (Fsp3) is 1.00. The average molecular weight is 230 g/mol. The molecule has 0 fully saturated rings. The van der Waals surface area contributed by atoms with Gasteiger partial charge in [0.2, 0.25) is 0 Å². The van der Waals surface area contributed by atoms with E-state index in [2.05, 4.69) is 37.9 Å². The summed E-state index contributed by atoms with van der Waals surface area (Å²) in [4.78, 5) is 2.52. The molecule has 3 nitrogen and oxygen atoms in total. The number of hydrogen-bond acceptors (Lipinski definition) is 3. The molecule has 0 aromatic rings. The monoisotopic (exact) mass is 230 g/mol.